The maximum Gasteiger partial charge on any atom is 0.138 e. The Morgan fingerprint density at radius 3 is 2.94 bits per heavy atom. The highest BCUT2D eigenvalue weighted by Crippen LogP contribution is 2.16. The van der Waals surface area contributed by atoms with Gasteiger partial charge in [-0.25, -0.2) is 4.39 Å². The van der Waals surface area contributed by atoms with Crippen molar-refractivity contribution in [2.24, 2.45) is 0 Å². The Morgan fingerprint density at radius 1 is 1.44 bits per heavy atom. The molecule has 0 saturated heterocycles. The van der Waals surface area contributed by atoms with Crippen LogP contribution in [0.25, 0.3) is 0 Å². The first-order chi connectivity index (χ1) is 7.77. The second-order valence-corrected chi connectivity index (χ2v) is 4.43. The summed E-state index contributed by atoms with van der Waals surface area (Å²) in [5, 5.41) is 8.56. The van der Waals surface area contributed by atoms with Gasteiger partial charge in [-0.15, -0.1) is 0 Å². The second-order valence-electron chi connectivity index (χ2n) is 3.33. The topological polar surface area (TPSA) is 20.2 Å². The molecule has 16 heavy (non-hydrogen) atoms. The lowest BCUT2D eigenvalue weighted by atomic mass is 10.1. The third-order valence-corrected chi connectivity index (χ3v) is 3.18. The summed E-state index contributed by atoms with van der Waals surface area (Å²) in [6, 6.07) is 4.96. The highest BCUT2D eigenvalue weighted by Gasteiger charge is 2.01. The molecule has 1 rings (SSSR count). The molecule has 0 unspecified atom stereocenters. The molecule has 0 aliphatic carbocycles. The van der Waals surface area contributed by atoms with Crippen molar-refractivity contribution >= 4 is 11.8 Å². The fraction of sp³-hybridized carbons (Fsp3) is 0.385. The summed E-state index contributed by atoms with van der Waals surface area (Å²) in [6.07, 6.45) is 1.14. The van der Waals surface area contributed by atoms with Crippen molar-refractivity contribution in [1.82, 2.24) is 0 Å². The van der Waals surface area contributed by atoms with E-state index in [1.165, 1.54) is 6.07 Å². The average Bonchev–Trinajstić information content (AvgIpc) is 2.30. The Bertz CT molecular complexity index is 393. The van der Waals surface area contributed by atoms with Crippen LogP contribution in [0.1, 0.15) is 24.5 Å². The van der Waals surface area contributed by atoms with Crippen LogP contribution in [0.3, 0.4) is 0 Å². The molecule has 0 aliphatic heterocycles. The van der Waals surface area contributed by atoms with Gasteiger partial charge in [0, 0.05) is 5.75 Å². The fourth-order valence-electron chi connectivity index (χ4n) is 1.23. The lowest BCUT2D eigenvalue weighted by Gasteiger charge is -2.02. The van der Waals surface area contributed by atoms with Gasteiger partial charge in [0.05, 0.1) is 5.56 Å². The van der Waals surface area contributed by atoms with Gasteiger partial charge >= 0.3 is 0 Å². The first-order valence-corrected chi connectivity index (χ1v) is 6.39. The van der Waals surface area contributed by atoms with Crippen LogP contribution in [0.2, 0.25) is 0 Å². The van der Waals surface area contributed by atoms with Crippen molar-refractivity contribution in [2.75, 3.05) is 12.4 Å². The van der Waals surface area contributed by atoms with Gasteiger partial charge in [0.15, 0.2) is 0 Å². The zero-order valence-corrected chi connectivity index (χ0v) is 10.1. The van der Waals surface area contributed by atoms with Crippen LogP contribution in [-0.2, 0) is 5.75 Å². The molecule has 1 aromatic carbocycles. The van der Waals surface area contributed by atoms with E-state index in [-0.39, 0.29) is 12.4 Å². The Balaban J connectivity index is 2.73. The lowest BCUT2D eigenvalue weighted by molar-refractivity contribution is 0.350. The highest BCUT2D eigenvalue weighted by atomic mass is 32.2. The molecule has 3 heteroatoms. The zero-order chi connectivity index (χ0) is 11.8. The molecule has 86 valence electrons. The summed E-state index contributed by atoms with van der Waals surface area (Å²) in [7, 11) is 0. The Morgan fingerprint density at radius 2 is 2.25 bits per heavy atom. The van der Waals surface area contributed by atoms with Gasteiger partial charge in [0.1, 0.15) is 12.4 Å². The number of thioether (sulfide) groups is 1. The summed E-state index contributed by atoms with van der Waals surface area (Å²) in [5.74, 6) is 6.72. The molecule has 0 spiro atoms. The molecule has 0 bridgehead atoms. The third-order valence-electron chi connectivity index (χ3n) is 1.95. The van der Waals surface area contributed by atoms with Crippen molar-refractivity contribution in [3.63, 3.8) is 0 Å². The summed E-state index contributed by atoms with van der Waals surface area (Å²) >= 11 is 1.82. The molecule has 1 nitrogen and oxygen atoms in total. The summed E-state index contributed by atoms with van der Waals surface area (Å²) in [4.78, 5) is 0. The fourth-order valence-corrected chi connectivity index (χ4v) is 2.08. The van der Waals surface area contributed by atoms with E-state index in [0.717, 1.165) is 23.5 Å². The predicted octanol–water partition coefficient (Wildman–Crippen LogP) is 2.81. The molecular weight excluding hydrogens is 223 g/mol. The minimum atomic E-state index is -0.329. The first kappa shape index (κ1) is 13.1. The molecular formula is C13H15FOS. The molecule has 1 aromatic rings. The van der Waals surface area contributed by atoms with Crippen molar-refractivity contribution in [3.05, 3.63) is 35.1 Å². The minimum absolute atomic E-state index is 0.242. The van der Waals surface area contributed by atoms with E-state index >= 15 is 0 Å². The zero-order valence-electron chi connectivity index (χ0n) is 9.29. The smallest absolute Gasteiger partial charge is 0.138 e. The molecule has 0 atom stereocenters. The van der Waals surface area contributed by atoms with Gasteiger partial charge < -0.3 is 5.11 Å². The van der Waals surface area contributed by atoms with E-state index in [1.54, 1.807) is 12.1 Å². The maximum atomic E-state index is 13.3. The normalized spacial score (nSPS) is 9.69. The summed E-state index contributed by atoms with van der Waals surface area (Å²) < 4.78 is 13.3. The lowest BCUT2D eigenvalue weighted by Crippen LogP contribution is -1.89. The standard InChI is InChI=1S/C13H15FOS/c1-2-8-16-10-11-5-6-13(14)12(9-11)4-3-7-15/h5-6,9,15H,2,7-8,10H2,1H3. The van der Waals surface area contributed by atoms with Crippen LogP contribution in [0.4, 0.5) is 4.39 Å². The van der Waals surface area contributed by atoms with Gasteiger partial charge in [-0.05, 0) is 29.9 Å². The molecule has 0 amide bonds. The van der Waals surface area contributed by atoms with Crippen LogP contribution >= 0.6 is 11.8 Å². The van der Waals surface area contributed by atoms with E-state index < -0.39 is 0 Å². The average molecular weight is 238 g/mol. The number of rotatable bonds is 4. The van der Waals surface area contributed by atoms with Crippen molar-refractivity contribution in [2.45, 2.75) is 19.1 Å². The number of hydrogen-bond acceptors (Lipinski definition) is 2. The molecule has 0 aromatic heterocycles. The Labute approximate surface area is 100 Å². The van der Waals surface area contributed by atoms with E-state index in [2.05, 4.69) is 18.8 Å². The van der Waals surface area contributed by atoms with Gasteiger partial charge in [-0.2, -0.15) is 11.8 Å². The number of hydrogen-bond donors (Lipinski definition) is 1. The van der Waals surface area contributed by atoms with Gasteiger partial charge in [-0.1, -0.05) is 24.8 Å². The summed E-state index contributed by atoms with van der Waals surface area (Å²) in [5.41, 5.74) is 1.44. The van der Waals surface area contributed by atoms with Crippen LogP contribution < -0.4 is 0 Å². The van der Waals surface area contributed by atoms with Crippen LogP contribution in [-0.4, -0.2) is 17.5 Å². The number of benzene rings is 1. The molecule has 0 heterocycles. The largest absolute Gasteiger partial charge is 0.384 e. The summed E-state index contributed by atoms with van der Waals surface area (Å²) in [6.45, 7) is 1.89. The second kappa shape index (κ2) is 7.32. The number of aliphatic hydroxyl groups is 1. The molecule has 0 fully saturated rings. The monoisotopic (exact) mass is 238 g/mol. The van der Waals surface area contributed by atoms with Crippen LogP contribution in [0, 0.1) is 17.7 Å². The maximum absolute atomic E-state index is 13.3. The van der Waals surface area contributed by atoms with Gasteiger partial charge in [0.2, 0.25) is 0 Å². The van der Waals surface area contributed by atoms with E-state index in [4.69, 9.17) is 5.11 Å². The highest BCUT2D eigenvalue weighted by molar-refractivity contribution is 7.98. The van der Waals surface area contributed by atoms with Gasteiger partial charge in [0.25, 0.3) is 0 Å². The van der Waals surface area contributed by atoms with E-state index in [1.807, 2.05) is 11.8 Å². The van der Waals surface area contributed by atoms with Crippen molar-refractivity contribution in [3.8, 4) is 11.8 Å². The molecule has 0 saturated carbocycles. The van der Waals surface area contributed by atoms with Crippen molar-refractivity contribution in [1.29, 1.82) is 0 Å². The van der Waals surface area contributed by atoms with Crippen LogP contribution in [0.5, 0.6) is 0 Å². The number of aliphatic hydroxyl groups excluding tert-OH is 1. The first-order valence-electron chi connectivity index (χ1n) is 5.23. The quantitative estimate of drug-likeness (QED) is 0.643. The minimum Gasteiger partial charge on any atom is -0.384 e. The molecule has 1 N–H and O–H groups in total. The van der Waals surface area contributed by atoms with E-state index in [0.29, 0.717) is 5.56 Å². The predicted molar refractivity (Wildman–Crippen MR) is 66.8 cm³/mol. The SMILES string of the molecule is CCCSCc1ccc(F)c(C#CCO)c1. The third kappa shape index (κ3) is 4.26. The van der Waals surface area contributed by atoms with Crippen molar-refractivity contribution < 1.29 is 9.50 Å². The Hall–Kier alpha value is -0.980. The van der Waals surface area contributed by atoms with Crippen LogP contribution in [0.15, 0.2) is 18.2 Å². The Kier molecular flexibility index (Phi) is 5.99. The van der Waals surface area contributed by atoms with E-state index in [9.17, 15) is 4.39 Å². The molecule has 0 aliphatic rings. The molecule has 0 radical (unpaired) electrons. The van der Waals surface area contributed by atoms with Gasteiger partial charge in [-0.3, -0.25) is 0 Å². The number of halogens is 1.